The quantitative estimate of drug-likeness (QED) is 0.652. The van der Waals surface area contributed by atoms with E-state index < -0.39 is 11.8 Å². The number of amides is 2. The first-order chi connectivity index (χ1) is 12.0. The van der Waals surface area contributed by atoms with Crippen molar-refractivity contribution in [2.45, 2.75) is 0 Å². The SMILES string of the molecule is NC(=O)c1cc(-c2ccccc2)sc1NC(=O)c1ccc(Cl)cc1Cl. The average Bonchev–Trinajstić information content (AvgIpc) is 2.99. The first kappa shape index (κ1) is 17.5. The molecule has 4 nitrogen and oxygen atoms in total. The van der Waals surface area contributed by atoms with Gasteiger partial charge in [-0.3, -0.25) is 9.59 Å². The topological polar surface area (TPSA) is 72.2 Å². The highest BCUT2D eigenvalue weighted by Gasteiger charge is 2.19. The molecule has 1 heterocycles. The summed E-state index contributed by atoms with van der Waals surface area (Å²) in [5.74, 6) is -1.05. The zero-order valence-corrected chi connectivity index (χ0v) is 15.1. The van der Waals surface area contributed by atoms with E-state index in [1.807, 2.05) is 30.3 Å². The van der Waals surface area contributed by atoms with E-state index in [-0.39, 0.29) is 16.1 Å². The van der Waals surface area contributed by atoms with Gasteiger partial charge in [0.1, 0.15) is 5.00 Å². The Morgan fingerprint density at radius 3 is 2.32 bits per heavy atom. The minimum Gasteiger partial charge on any atom is -0.366 e. The van der Waals surface area contributed by atoms with Crippen LogP contribution in [-0.4, -0.2) is 11.8 Å². The molecule has 0 bridgehead atoms. The van der Waals surface area contributed by atoms with E-state index in [1.165, 1.54) is 23.5 Å². The van der Waals surface area contributed by atoms with Crippen molar-refractivity contribution in [3.63, 3.8) is 0 Å². The fourth-order valence-corrected chi connectivity index (χ4v) is 3.81. The summed E-state index contributed by atoms with van der Waals surface area (Å²) in [5, 5.41) is 3.75. The van der Waals surface area contributed by atoms with Crippen LogP contribution in [0.3, 0.4) is 0 Å². The molecular weight excluding hydrogens is 379 g/mol. The summed E-state index contributed by atoms with van der Waals surface area (Å²) in [5.41, 5.74) is 6.89. The summed E-state index contributed by atoms with van der Waals surface area (Å²) >= 11 is 13.2. The van der Waals surface area contributed by atoms with Gasteiger partial charge in [-0.1, -0.05) is 53.5 Å². The number of hydrogen-bond donors (Lipinski definition) is 2. The van der Waals surface area contributed by atoms with Gasteiger partial charge >= 0.3 is 0 Å². The fourth-order valence-electron chi connectivity index (χ4n) is 2.26. The summed E-state index contributed by atoms with van der Waals surface area (Å²) in [4.78, 5) is 25.0. The zero-order valence-electron chi connectivity index (χ0n) is 12.8. The second-order valence-electron chi connectivity index (χ2n) is 5.16. The Morgan fingerprint density at radius 1 is 0.960 bits per heavy atom. The second-order valence-corrected chi connectivity index (χ2v) is 7.06. The fraction of sp³-hybridized carbons (Fsp3) is 0. The molecule has 126 valence electrons. The third-order valence-corrected chi connectivity index (χ3v) is 5.11. The van der Waals surface area contributed by atoms with Gasteiger partial charge < -0.3 is 11.1 Å². The number of nitrogens with one attached hydrogen (secondary N) is 1. The van der Waals surface area contributed by atoms with Crippen molar-refractivity contribution in [1.82, 2.24) is 0 Å². The molecule has 0 aliphatic carbocycles. The lowest BCUT2D eigenvalue weighted by atomic mass is 10.1. The lowest BCUT2D eigenvalue weighted by Gasteiger charge is -2.06. The lowest BCUT2D eigenvalue weighted by molar-refractivity contribution is 0.100. The third kappa shape index (κ3) is 3.85. The van der Waals surface area contributed by atoms with Crippen molar-refractivity contribution >= 4 is 51.4 Å². The van der Waals surface area contributed by atoms with E-state index in [1.54, 1.807) is 12.1 Å². The number of primary amides is 1. The average molecular weight is 391 g/mol. The minimum atomic E-state index is -0.615. The standard InChI is InChI=1S/C18H12Cl2N2O2S/c19-11-6-7-12(14(20)8-11)17(24)22-18-13(16(21)23)9-15(25-18)10-4-2-1-3-5-10/h1-9H,(H2,21,23)(H,22,24). The number of anilines is 1. The van der Waals surface area contributed by atoms with Gasteiger partial charge in [-0.25, -0.2) is 0 Å². The number of nitrogens with two attached hydrogens (primary N) is 1. The number of carbonyl (C=O) groups excluding carboxylic acids is 2. The Labute approximate surface area is 158 Å². The summed E-state index contributed by atoms with van der Waals surface area (Å²) in [6.45, 7) is 0. The molecule has 0 fully saturated rings. The first-order valence-electron chi connectivity index (χ1n) is 7.21. The highest BCUT2D eigenvalue weighted by molar-refractivity contribution is 7.20. The van der Waals surface area contributed by atoms with Gasteiger partial charge in [-0.05, 0) is 29.8 Å². The van der Waals surface area contributed by atoms with Crippen LogP contribution in [0.2, 0.25) is 10.0 Å². The van der Waals surface area contributed by atoms with E-state index >= 15 is 0 Å². The molecule has 3 aromatic rings. The predicted octanol–water partition coefficient (Wildman–Crippen LogP) is 5.07. The van der Waals surface area contributed by atoms with Crippen LogP contribution >= 0.6 is 34.5 Å². The zero-order chi connectivity index (χ0) is 18.0. The van der Waals surface area contributed by atoms with Crippen LogP contribution in [-0.2, 0) is 0 Å². The molecule has 3 N–H and O–H groups in total. The molecule has 0 unspecified atom stereocenters. The molecule has 0 spiro atoms. The maximum Gasteiger partial charge on any atom is 0.257 e. The number of thiophene rings is 1. The van der Waals surface area contributed by atoms with Crippen molar-refractivity contribution < 1.29 is 9.59 Å². The normalized spacial score (nSPS) is 10.5. The van der Waals surface area contributed by atoms with Crippen molar-refractivity contribution in [1.29, 1.82) is 0 Å². The molecule has 1 aromatic heterocycles. The summed E-state index contributed by atoms with van der Waals surface area (Å²) in [6.07, 6.45) is 0. The van der Waals surface area contributed by atoms with E-state index in [0.29, 0.717) is 10.0 Å². The van der Waals surface area contributed by atoms with E-state index in [4.69, 9.17) is 28.9 Å². The molecule has 0 radical (unpaired) electrons. The highest BCUT2D eigenvalue weighted by Crippen LogP contribution is 2.35. The van der Waals surface area contributed by atoms with Crippen LogP contribution in [0.5, 0.6) is 0 Å². The molecule has 2 aromatic carbocycles. The molecule has 2 amide bonds. The van der Waals surface area contributed by atoms with Crippen LogP contribution < -0.4 is 11.1 Å². The maximum atomic E-state index is 12.5. The van der Waals surface area contributed by atoms with Gasteiger partial charge in [0.05, 0.1) is 16.1 Å². The van der Waals surface area contributed by atoms with Crippen LogP contribution in [0.15, 0.2) is 54.6 Å². The Morgan fingerprint density at radius 2 is 1.68 bits per heavy atom. The van der Waals surface area contributed by atoms with E-state index in [9.17, 15) is 9.59 Å². The number of carbonyl (C=O) groups is 2. The molecule has 0 aliphatic rings. The van der Waals surface area contributed by atoms with Gasteiger partial charge in [-0.15, -0.1) is 11.3 Å². The van der Waals surface area contributed by atoms with Crippen molar-refractivity contribution in [3.05, 3.63) is 75.8 Å². The second kappa shape index (κ2) is 7.27. The summed E-state index contributed by atoms with van der Waals surface area (Å²) < 4.78 is 0. The molecule has 0 aliphatic heterocycles. The summed E-state index contributed by atoms with van der Waals surface area (Å²) in [6, 6.07) is 15.8. The Bertz CT molecular complexity index is 955. The Balaban J connectivity index is 1.95. The van der Waals surface area contributed by atoms with Crippen molar-refractivity contribution in [2.75, 3.05) is 5.32 Å². The number of halogens is 2. The number of benzene rings is 2. The number of rotatable bonds is 4. The highest BCUT2D eigenvalue weighted by atomic mass is 35.5. The number of hydrogen-bond acceptors (Lipinski definition) is 3. The van der Waals surface area contributed by atoms with Gasteiger partial charge in [0, 0.05) is 9.90 Å². The minimum absolute atomic E-state index is 0.227. The molecular formula is C18H12Cl2N2O2S. The van der Waals surface area contributed by atoms with Crippen LogP contribution in [0, 0.1) is 0 Å². The smallest absolute Gasteiger partial charge is 0.257 e. The van der Waals surface area contributed by atoms with E-state index in [2.05, 4.69) is 5.32 Å². The van der Waals surface area contributed by atoms with Gasteiger partial charge in [0.15, 0.2) is 0 Å². The molecule has 0 saturated carbocycles. The van der Waals surface area contributed by atoms with Gasteiger partial charge in [-0.2, -0.15) is 0 Å². The van der Waals surface area contributed by atoms with Crippen molar-refractivity contribution in [3.8, 4) is 10.4 Å². The van der Waals surface area contributed by atoms with Gasteiger partial charge in [0.2, 0.25) is 0 Å². The van der Waals surface area contributed by atoms with Crippen LogP contribution in [0.1, 0.15) is 20.7 Å². The first-order valence-corrected chi connectivity index (χ1v) is 8.78. The maximum absolute atomic E-state index is 12.5. The molecule has 3 rings (SSSR count). The largest absolute Gasteiger partial charge is 0.366 e. The van der Waals surface area contributed by atoms with E-state index in [0.717, 1.165) is 10.4 Å². The Hall–Kier alpha value is -2.34. The van der Waals surface area contributed by atoms with Gasteiger partial charge in [0.25, 0.3) is 11.8 Å². The monoisotopic (exact) mass is 390 g/mol. The molecule has 0 atom stereocenters. The lowest BCUT2D eigenvalue weighted by Crippen LogP contribution is -2.16. The molecule has 7 heteroatoms. The third-order valence-electron chi connectivity index (χ3n) is 3.46. The molecule has 0 saturated heterocycles. The van der Waals surface area contributed by atoms with Crippen LogP contribution in [0.25, 0.3) is 10.4 Å². The Kier molecular flexibility index (Phi) is 5.08. The predicted molar refractivity (Wildman–Crippen MR) is 103 cm³/mol. The molecule has 25 heavy (non-hydrogen) atoms. The summed E-state index contributed by atoms with van der Waals surface area (Å²) in [7, 11) is 0. The van der Waals surface area contributed by atoms with Crippen molar-refractivity contribution in [2.24, 2.45) is 5.73 Å². The van der Waals surface area contributed by atoms with Crippen LogP contribution in [0.4, 0.5) is 5.00 Å².